The maximum atomic E-state index is 13.4. The van der Waals surface area contributed by atoms with Gasteiger partial charge in [0.15, 0.2) is 5.75 Å². The number of para-hydroxylation sites is 1. The molecule has 2 heterocycles. The van der Waals surface area contributed by atoms with E-state index < -0.39 is 11.2 Å². The van der Waals surface area contributed by atoms with Crippen molar-refractivity contribution in [2.24, 2.45) is 0 Å². The van der Waals surface area contributed by atoms with Crippen molar-refractivity contribution < 1.29 is 14.6 Å². The fraction of sp³-hybridized carbons (Fsp3) is 0.120. The van der Waals surface area contributed by atoms with E-state index in [1.165, 1.54) is 30.3 Å². The Morgan fingerprint density at radius 3 is 2.56 bits per heavy atom. The molecule has 1 unspecified atom stereocenters. The summed E-state index contributed by atoms with van der Waals surface area (Å²) < 4.78 is 6.80. The number of amides is 1. The maximum absolute atomic E-state index is 13.4. The summed E-state index contributed by atoms with van der Waals surface area (Å²) in [5.74, 6) is -0.276. The molecule has 0 saturated carbocycles. The highest BCUT2D eigenvalue weighted by molar-refractivity contribution is 6.37. The summed E-state index contributed by atoms with van der Waals surface area (Å²) in [4.78, 5) is 40.5. The standard InChI is InChI=1S/C25H18Cl2N4O5/c1-13-8-14-4-2-3-5-20(14)30(13)24(34)17-11-16(6-7-21(17)32)36-23-18(26)9-15(10-19(23)27)31-25(35)29-22(33)12-28-31/h2-7,9-13,32H,8H2,1H3,(H,29,33,35). The van der Waals surface area contributed by atoms with E-state index >= 15 is 0 Å². The zero-order valence-electron chi connectivity index (χ0n) is 18.7. The number of carbonyl (C=O) groups excluding carboxylic acids is 1. The van der Waals surface area contributed by atoms with Crippen LogP contribution < -0.4 is 20.9 Å². The highest BCUT2D eigenvalue weighted by atomic mass is 35.5. The van der Waals surface area contributed by atoms with Crippen molar-refractivity contribution in [3.05, 3.63) is 103 Å². The number of aromatic amines is 1. The molecule has 2 N–H and O–H groups in total. The topological polar surface area (TPSA) is 118 Å². The van der Waals surface area contributed by atoms with Crippen LogP contribution in [0.4, 0.5) is 5.69 Å². The van der Waals surface area contributed by atoms with E-state index in [9.17, 15) is 19.5 Å². The Labute approximate surface area is 214 Å². The molecule has 1 aliphatic heterocycles. The second kappa shape index (κ2) is 9.18. The normalized spacial score (nSPS) is 14.5. The van der Waals surface area contributed by atoms with Gasteiger partial charge in [-0.3, -0.25) is 14.6 Å². The van der Waals surface area contributed by atoms with E-state index in [-0.39, 0.29) is 50.5 Å². The minimum Gasteiger partial charge on any atom is -0.507 e. The summed E-state index contributed by atoms with van der Waals surface area (Å²) in [6, 6.07) is 14.6. The van der Waals surface area contributed by atoms with Gasteiger partial charge in [0.1, 0.15) is 17.7 Å². The molecule has 1 aromatic heterocycles. The van der Waals surface area contributed by atoms with Gasteiger partial charge in [0.25, 0.3) is 11.5 Å². The number of hydrogen-bond donors (Lipinski definition) is 2. The largest absolute Gasteiger partial charge is 0.507 e. The molecule has 1 amide bonds. The Kier molecular flexibility index (Phi) is 6.03. The average molecular weight is 525 g/mol. The second-order valence-electron chi connectivity index (χ2n) is 8.23. The lowest BCUT2D eigenvalue weighted by molar-refractivity contribution is 0.0978. The predicted octanol–water partition coefficient (Wildman–Crippen LogP) is 4.32. The van der Waals surface area contributed by atoms with Crippen LogP contribution in [0.3, 0.4) is 0 Å². The Balaban J connectivity index is 1.47. The fourth-order valence-corrected chi connectivity index (χ4v) is 4.73. The lowest BCUT2D eigenvalue weighted by Crippen LogP contribution is -2.35. The van der Waals surface area contributed by atoms with Crippen molar-refractivity contribution in [2.45, 2.75) is 19.4 Å². The third-order valence-corrected chi connectivity index (χ3v) is 6.35. The van der Waals surface area contributed by atoms with Gasteiger partial charge in [-0.25, -0.2) is 4.79 Å². The molecule has 0 saturated heterocycles. The smallest absolute Gasteiger partial charge is 0.349 e. The summed E-state index contributed by atoms with van der Waals surface area (Å²) in [5.41, 5.74) is 0.722. The number of halogens is 2. The van der Waals surface area contributed by atoms with Crippen molar-refractivity contribution in [3.8, 4) is 22.9 Å². The molecule has 3 aromatic carbocycles. The van der Waals surface area contributed by atoms with E-state index in [4.69, 9.17) is 27.9 Å². The number of rotatable bonds is 4. The number of aromatic hydroxyl groups is 1. The van der Waals surface area contributed by atoms with Gasteiger partial charge in [-0.15, -0.1) is 0 Å². The van der Waals surface area contributed by atoms with E-state index in [2.05, 4.69) is 10.1 Å². The summed E-state index contributed by atoms with van der Waals surface area (Å²) in [6.45, 7) is 1.94. The van der Waals surface area contributed by atoms with Crippen LogP contribution in [0, 0.1) is 0 Å². The fourth-order valence-electron chi connectivity index (χ4n) is 4.18. The van der Waals surface area contributed by atoms with Gasteiger partial charge in [-0.05, 0) is 55.3 Å². The van der Waals surface area contributed by atoms with Gasteiger partial charge < -0.3 is 14.7 Å². The maximum Gasteiger partial charge on any atom is 0.349 e. The number of nitrogens with zero attached hydrogens (tertiary/aromatic N) is 3. The molecule has 11 heteroatoms. The number of hydrogen-bond acceptors (Lipinski definition) is 6. The number of phenols is 1. The van der Waals surface area contributed by atoms with Gasteiger partial charge in [0, 0.05) is 11.7 Å². The Morgan fingerprint density at radius 2 is 1.83 bits per heavy atom. The SMILES string of the molecule is CC1Cc2ccccc2N1C(=O)c1cc(Oc2c(Cl)cc(-n3ncc(=O)[nH]c3=O)cc2Cl)ccc1O. The van der Waals surface area contributed by atoms with Gasteiger partial charge in [-0.1, -0.05) is 41.4 Å². The van der Waals surface area contributed by atoms with Crippen LogP contribution in [0.5, 0.6) is 17.2 Å². The lowest BCUT2D eigenvalue weighted by Gasteiger charge is -2.23. The molecule has 0 fully saturated rings. The average Bonchev–Trinajstić information content (AvgIpc) is 3.17. The third kappa shape index (κ3) is 4.23. The number of anilines is 1. The van der Waals surface area contributed by atoms with E-state index in [1.54, 1.807) is 4.90 Å². The van der Waals surface area contributed by atoms with Crippen LogP contribution in [0.1, 0.15) is 22.8 Å². The Bertz CT molecular complexity index is 1610. The first-order chi connectivity index (χ1) is 17.2. The van der Waals surface area contributed by atoms with Crippen molar-refractivity contribution in [1.82, 2.24) is 14.8 Å². The van der Waals surface area contributed by atoms with Crippen LogP contribution in [-0.2, 0) is 6.42 Å². The number of fused-ring (bicyclic) bond motifs is 1. The minimum atomic E-state index is -0.761. The first-order valence-corrected chi connectivity index (χ1v) is 11.6. The monoisotopic (exact) mass is 524 g/mol. The molecule has 0 bridgehead atoms. The van der Waals surface area contributed by atoms with Gasteiger partial charge in [-0.2, -0.15) is 9.78 Å². The molecule has 5 rings (SSSR count). The predicted molar refractivity (Wildman–Crippen MR) is 135 cm³/mol. The molecular formula is C25H18Cl2N4O5. The summed E-state index contributed by atoms with van der Waals surface area (Å²) in [5, 5.41) is 14.4. The molecule has 0 radical (unpaired) electrons. The number of nitrogens with one attached hydrogen (secondary N) is 1. The molecule has 0 aliphatic carbocycles. The zero-order chi connectivity index (χ0) is 25.6. The quantitative estimate of drug-likeness (QED) is 0.410. The molecule has 36 heavy (non-hydrogen) atoms. The van der Waals surface area contributed by atoms with Crippen molar-refractivity contribution in [3.63, 3.8) is 0 Å². The van der Waals surface area contributed by atoms with Crippen LogP contribution in [0.15, 0.2) is 70.4 Å². The number of benzene rings is 3. The highest BCUT2D eigenvalue weighted by Gasteiger charge is 2.32. The van der Waals surface area contributed by atoms with Gasteiger partial charge in [0.05, 0.1) is 21.3 Å². The zero-order valence-corrected chi connectivity index (χ0v) is 20.2. The van der Waals surface area contributed by atoms with Crippen LogP contribution in [0.2, 0.25) is 10.0 Å². The molecule has 0 spiro atoms. The van der Waals surface area contributed by atoms with Crippen LogP contribution >= 0.6 is 23.2 Å². The Hall–Kier alpha value is -4.08. The summed E-state index contributed by atoms with van der Waals surface area (Å²) >= 11 is 12.8. The van der Waals surface area contributed by atoms with Crippen molar-refractivity contribution >= 4 is 34.8 Å². The number of carbonyl (C=O) groups is 1. The van der Waals surface area contributed by atoms with Crippen LogP contribution in [0.25, 0.3) is 5.69 Å². The van der Waals surface area contributed by atoms with E-state index in [0.717, 1.165) is 22.1 Å². The van der Waals surface area contributed by atoms with Gasteiger partial charge in [0.2, 0.25) is 0 Å². The van der Waals surface area contributed by atoms with Crippen molar-refractivity contribution in [2.75, 3.05) is 4.90 Å². The minimum absolute atomic E-state index is 0.0560. The molecule has 182 valence electrons. The number of phenolic OH excluding ortho intramolecular Hbond substituents is 1. The number of H-pyrrole nitrogens is 1. The molecule has 1 aliphatic rings. The first-order valence-electron chi connectivity index (χ1n) is 10.8. The van der Waals surface area contributed by atoms with Gasteiger partial charge >= 0.3 is 5.69 Å². The Morgan fingerprint density at radius 1 is 1.11 bits per heavy atom. The molecule has 1 atom stereocenters. The molecular weight excluding hydrogens is 507 g/mol. The first kappa shape index (κ1) is 23.7. The lowest BCUT2D eigenvalue weighted by atomic mass is 10.1. The summed E-state index contributed by atoms with van der Waals surface area (Å²) in [6.07, 6.45) is 1.66. The third-order valence-electron chi connectivity index (χ3n) is 5.78. The number of aromatic nitrogens is 3. The second-order valence-corrected chi connectivity index (χ2v) is 9.04. The van der Waals surface area contributed by atoms with E-state index in [0.29, 0.717) is 6.42 Å². The number of ether oxygens (including phenoxy) is 1. The highest BCUT2D eigenvalue weighted by Crippen LogP contribution is 2.40. The van der Waals surface area contributed by atoms with Crippen molar-refractivity contribution in [1.29, 1.82) is 0 Å². The summed E-state index contributed by atoms with van der Waals surface area (Å²) in [7, 11) is 0. The van der Waals surface area contributed by atoms with E-state index in [1.807, 2.05) is 31.2 Å². The molecule has 4 aromatic rings. The van der Waals surface area contributed by atoms with Crippen LogP contribution in [-0.4, -0.2) is 31.8 Å². The molecule has 9 nitrogen and oxygen atoms in total.